The van der Waals surface area contributed by atoms with E-state index < -0.39 is 46.9 Å². The second-order valence-corrected chi connectivity index (χ2v) is 12.9. The van der Waals surface area contributed by atoms with E-state index in [0.29, 0.717) is 42.8 Å². The molecule has 1 spiro atoms. The lowest BCUT2D eigenvalue weighted by molar-refractivity contribution is -0.137. The first-order valence-corrected chi connectivity index (χ1v) is 15.6. The third kappa shape index (κ3) is 6.53. The molecule has 2 heterocycles. The van der Waals surface area contributed by atoms with Crippen LogP contribution in [0.25, 0.3) is 11.3 Å². The van der Waals surface area contributed by atoms with Gasteiger partial charge in [-0.15, -0.1) is 0 Å². The lowest BCUT2D eigenvalue weighted by Gasteiger charge is -2.40. The molecular formula is C33H36ClF3N6O5. The number of alkyl halides is 3. The summed E-state index contributed by atoms with van der Waals surface area (Å²) in [6.07, 6.45) is -2.81. The van der Waals surface area contributed by atoms with Crippen LogP contribution in [0.2, 0.25) is 5.02 Å². The minimum atomic E-state index is -4.61. The van der Waals surface area contributed by atoms with Gasteiger partial charge in [0.25, 0.3) is 11.2 Å². The van der Waals surface area contributed by atoms with E-state index in [9.17, 15) is 27.6 Å². The van der Waals surface area contributed by atoms with Crippen LogP contribution in [-0.4, -0.2) is 58.5 Å². The van der Waals surface area contributed by atoms with Crippen molar-refractivity contribution in [3.8, 4) is 11.3 Å². The summed E-state index contributed by atoms with van der Waals surface area (Å²) in [7, 11) is 1.52. The number of likely N-dealkylation sites (tertiary alicyclic amines) is 1. The fourth-order valence-corrected chi connectivity index (χ4v) is 6.47. The summed E-state index contributed by atoms with van der Waals surface area (Å²) < 4.78 is 47.9. The van der Waals surface area contributed by atoms with E-state index >= 15 is 0 Å². The van der Waals surface area contributed by atoms with Crippen molar-refractivity contribution in [2.45, 2.75) is 57.3 Å². The van der Waals surface area contributed by atoms with Crippen molar-refractivity contribution in [3.63, 3.8) is 0 Å². The van der Waals surface area contributed by atoms with Gasteiger partial charge in [0.1, 0.15) is 18.8 Å². The Balaban J connectivity index is 1.63. The zero-order valence-corrected chi connectivity index (χ0v) is 27.7. The maximum absolute atomic E-state index is 14.4. The molecule has 0 unspecified atom stereocenters. The summed E-state index contributed by atoms with van der Waals surface area (Å²) >= 11 is 6.13. The molecule has 2 amide bonds. The van der Waals surface area contributed by atoms with Crippen molar-refractivity contribution in [3.05, 3.63) is 92.8 Å². The molecule has 0 bridgehead atoms. The second kappa shape index (κ2) is 13.1. The fourth-order valence-electron chi connectivity index (χ4n) is 6.24. The Hall–Kier alpha value is -4.72. The molecule has 1 aliphatic carbocycles. The summed E-state index contributed by atoms with van der Waals surface area (Å²) in [4.78, 5) is 48.0. The van der Waals surface area contributed by atoms with Gasteiger partial charge in [0.2, 0.25) is 5.91 Å². The maximum Gasteiger partial charge on any atom is 0.416 e. The Morgan fingerprint density at radius 1 is 1.12 bits per heavy atom. The number of piperidine rings is 1. The molecule has 48 heavy (non-hydrogen) atoms. The molecule has 256 valence electrons. The van der Waals surface area contributed by atoms with Gasteiger partial charge in [-0.3, -0.25) is 14.2 Å². The molecule has 2 aromatic carbocycles. The topological polar surface area (TPSA) is 119 Å². The average Bonchev–Trinajstić information content (AvgIpc) is 3.29. The van der Waals surface area contributed by atoms with Crippen LogP contribution in [0.4, 0.5) is 23.7 Å². The molecule has 0 saturated carbocycles. The largest absolute Gasteiger partial charge is 0.444 e. The third-order valence-corrected chi connectivity index (χ3v) is 8.56. The lowest BCUT2D eigenvalue weighted by Crippen LogP contribution is -2.52. The quantitative estimate of drug-likeness (QED) is 0.194. The van der Waals surface area contributed by atoms with Crippen LogP contribution in [0.5, 0.6) is 0 Å². The van der Waals surface area contributed by atoms with Gasteiger partial charge < -0.3 is 25.2 Å². The van der Waals surface area contributed by atoms with Crippen molar-refractivity contribution in [2.75, 3.05) is 37.5 Å². The first-order chi connectivity index (χ1) is 22.6. The standard InChI is InChI=1S/C33H36ClF3N6O5/c1-6-17-47-40-29-42(19-25(44)39-24-12-11-20(18-23(24)34)33(35,36)37)27-21-9-7-8-10-22(21)32(26(27)28(45)43(29)38-5)13-15-41(16-14-32)30(46)48-31(2,3)4/h6-12,18,38H,1,13-17,19H2,2-5H3,(H,39,44)/b40-29-. The number of ether oxygens (including phenoxy) is 1. The second-order valence-electron chi connectivity index (χ2n) is 12.5. The van der Waals surface area contributed by atoms with Crippen molar-refractivity contribution in [1.82, 2.24) is 14.1 Å². The van der Waals surface area contributed by atoms with Gasteiger partial charge in [-0.2, -0.15) is 17.8 Å². The predicted octanol–water partition coefficient (Wildman–Crippen LogP) is 5.45. The zero-order valence-electron chi connectivity index (χ0n) is 26.9. The minimum Gasteiger partial charge on any atom is -0.444 e. The molecule has 5 rings (SSSR count). The van der Waals surface area contributed by atoms with E-state index in [-0.39, 0.29) is 22.9 Å². The molecule has 11 nitrogen and oxygen atoms in total. The fraction of sp³-hybridized carbons (Fsp3) is 0.394. The van der Waals surface area contributed by atoms with Crippen molar-refractivity contribution < 1.29 is 32.3 Å². The van der Waals surface area contributed by atoms with Gasteiger partial charge in [-0.25, -0.2) is 4.79 Å². The molecule has 0 atom stereocenters. The number of rotatable bonds is 7. The Morgan fingerprint density at radius 2 is 1.81 bits per heavy atom. The third-order valence-electron chi connectivity index (χ3n) is 8.24. The first kappa shape index (κ1) is 34.6. The first-order valence-electron chi connectivity index (χ1n) is 15.2. The number of halogens is 4. The molecule has 1 aliphatic heterocycles. The number of carbonyl (C=O) groups excluding carboxylic acids is 2. The number of amides is 2. The minimum absolute atomic E-state index is 0.00335. The Bertz CT molecular complexity index is 1890. The summed E-state index contributed by atoms with van der Waals surface area (Å²) in [6.45, 7) is 9.20. The van der Waals surface area contributed by atoms with Gasteiger partial charge >= 0.3 is 12.3 Å². The number of hydrogen-bond donors (Lipinski definition) is 2. The number of benzene rings is 2. The maximum atomic E-state index is 14.4. The molecule has 2 aliphatic rings. The van der Waals surface area contributed by atoms with Crippen molar-refractivity contribution in [1.29, 1.82) is 0 Å². The van der Waals surface area contributed by atoms with Crippen LogP contribution in [0.1, 0.15) is 50.3 Å². The van der Waals surface area contributed by atoms with Crippen LogP contribution in [0.3, 0.4) is 0 Å². The van der Waals surface area contributed by atoms with E-state index in [4.69, 9.17) is 21.2 Å². The highest BCUT2D eigenvalue weighted by molar-refractivity contribution is 6.33. The number of nitrogens with zero attached hydrogens (tertiary/aromatic N) is 4. The van der Waals surface area contributed by atoms with Crippen LogP contribution < -0.4 is 21.9 Å². The van der Waals surface area contributed by atoms with Gasteiger partial charge in [0.15, 0.2) is 0 Å². The number of fused-ring (bicyclic) bond motifs is 5. The van der Waals surface area contributed by atoms with Crippen LogP contribution >= 0.6 is 11.6 Å². The number of nitrogens with one attached hydrogen (secondary N) is 2. The summed E-state index contributed by atoms with van der Waals surface area (Å²) in [6, 6.07) is 10.1. The highest BCUT2D eigenvalue weighted by Crippen LogP contribution is 2.52. The van der Waals surface area contributed by atoms with E-state index in [0.717, 1.165) is 23.8 Å². The number of aromatic nitrogens is 2. The van der Waals surface area contributed by atoms with E-state index in [2.05, 4.69) is 22.5 Å². The van der Waals surface area contributed by atoms with Gasteiger partial charge in [-0.05, 0) is 62.5 Å². The van der Waals surface area contributed by atoms with Gasteiger partial charge in [-0.1, -0.05) is 48.5 Å². The van der Waals surface area contributed by atoms with Crippen molar-refractivity contribution >= 4 is 29.3 Å². The molecule has 0 radical (unpaired) electrons. The van der Waals surface area contributed by atoms with E-state index in [1.165, 1.54) is 22.4 Å². The number of carbonyl (C=O) groups is 2. The molecule has 1 fully saturated rings. The van der Waals surface area contributed by atoms with Gasteiger partial charge in [0, 0.05) is 31.1 Å². The molecule has 1 saturated heterocycles. The van der Waals surface area contributed by atoms with Crippen LogP contribution in [0.15, 0.2) is 65.1 Å². The zero-order chi connectivity index (χ0) is 35.0. The Kier molecular flexibility index (Phi) is 9.42. The Labute approximate surface area is 279 Å². The smallest absolute Gasteiger partial charge is 0.416 e. The van der Waals surface area contributed by atoms with Crippen molar-refractivity contribution in [2.24, 2.45) is 5.16 Å². The van der Waals surface area contributed by atoms with E-state index in [1.54, 1.807) is 25.7 Å². The lowest BCUT2D eigenvalue weighted by atomic mass is 9.71. The van der Waals surface area contributed by atoms with Crippen LogP contribution in [-0.2, 0) is 32.5 Å². The van der Waals surface area contributed by atoms with Crippen LogP contribution in [0, 0.1) is 0 Å². The Morgan fingerprint density at radius 3 is 2.42 bits per heavy atom. The SMILES string of the molecule is C=CCO/N=c1/n(CC(=O)Nc2ccc(C(F)(F)F)cc2Cl)c2c(c(=O)n1NC)C1(CCN(C(=O)OC(C)(C)C)CC1)c1ccccc1-2. The molecule has 3 aromatic rings. The molecule has 15 heteroatoms. The number of anilines is 1. The highest BCUT2D eigenvalue weighted by atomic mass is 35.5. The average molecular weight is 689 g/mol. The summed E-state index contributed by atoms with van der Waals surface area (Å²) in [5, 5.41) is 6.47. The monoisotopic (exact) mass is 688 g/mol. The highest BCUT2D eigenvalue weighted by Gasteiger charge is 2.50. The van der Waals surface area contributed by atoms with E-state index in [1.807, 2.05) is 24.3 Å². The summed E-state index contributed by atoms with van der Waals surface area (Å²) in [5.74, 6) is -0.650. The van der Waals surface area contributed by atoms with Gasteiger partial charge in [0.05, 0.1) is 27.5 Å². The predicted molar refractivity (Wildman–Crippen MR) is 174 cm³/mol. The number of hydrogen-bond acceptors (Lipinski definition) is 7. The molecule has 1 aromatic heterocycles. The molecular weight excluding hydrogens is 653 g/mol. The molecule has 2 N–H and O–H groups in total. The normalized spacial score (nSPS) is 15.5. The summed E-state index contributed by atoms with van der Waals surface area (Å²) in [5.41, 5.74) is 2.29.